The fourth-order valence-corrected chi connectivity index (χ4v) is 3.93. The molecule has 0 aromatic heterocycles. The molecule has 4 nitrogen and oxygen atoms in total. The van der Waals surface area contributed by atoms with Gasteiger partial charge >= 0.3 is 0 Å². The molecule has 2 aromatic carbocycles. The molecule has 1 fully saturated rings. The van der Waals surface area contributed by atoms with Crippen molar-refractivity contribution in [2.24, 2.45) is 0 Å². The molecule has 1 aliphatic rings. The van der Waals surface area contributed by atoms with Gasteiger partial charge in [-0.3, -0.25) is 9.59 Å². The van der Waals surface area contributed by atoms with E-state index in [1.54, 1.807) is 34.9 Å². The number of nitrogens with zero attached hydrogens (tertiary/aromatic N) is 1. The zero-order valence-electron chi connectivity index (χ0n) is 12.9. The molecule has 2 aromatic rings. The first-order chi connectivity index (χ1) is 11.6. The minimum Gasteiger partial charge on any atom is -0.350 e. The van der Waals surface area contributed by atoms with Crippen LogP contribution in [0.3, 0.4) is 0 Å². The maximum absolute atomic E-state index is 12.6. The molecule has 0 bridgehead atoms. The van der Waals surface area contributed by atoms with Crippen LogP contribution in [-0.2, 0) is 11.3 Å². The second-order valence-corrected chi connectivity index (χ2v) is 6.94. The van der Waals surface area contributed by atoms with E-state index in [9.17, 15) is 9.59 Å². The Morgan fingerprint density at radius 3 is 2.71 bits per heavy atom. The Balaban J connectivity index is 1.64. The number of thioether (sulfide) groups is 1. The van der Waals surface area contributed by atoms with Gasteiger partial charge in [0.05, 0.1) is 5.88 Å². The van der Waals surface area contributed by atoms with Crippen LogP contribution in [0.2, 0.25) is 5.02 Å². The van der Waals surface area contributed by atoms with Crippen molar-refractivity contribution in [2.45, 2.75) is 12.6 Å². The zero-order chi connectivity index (χ0) is 16.9. The Morgan fingerprint density at radius 1 is 1.17 bits per heavy atom. The smallest absolute Gasteiger partial charge is 0.255 e. The molecule has 1 aliphatic heterocycles. The van der Waals surface area contributed by atoms with Crippen molar-refractivity contribution in [1.82, 2.24) is 10.2 Å². The number of halogens is 1. The first-order valence-corrected chi connectivity index (χ1v) is 9.14. The highest BCUT2D eigenvalue weighted by Gasteiger charge is 2.34. The van der Waals surface area contributed by atoms with Crippen molar-refractivity contribution in [1.29, 1.82) is 0 Å². The summed E-state index contributed by atoms with van der Waals surface area (Å²) in [5, 5.41) is 3.54. The third kappa shape index (κ3) is 3.91. The molecular weight excluding hydrogens is 344 g/mol. The highest BCUT2D eigenvalue weighted by atomic mass is 35.5. The van der Waals surface area contributed by atoms with Gasteiger partial charge in [-0.1, -0.05) is 41.9 Å². The Morgan fingerprint density at radius 2 is 1.96 bits per heavy atom. The second kappa shape index (κ2) is 7.73. The molecule has 1 N–H and O–H groups in total. The Bertz CT molecular complexity index is 739. The lowest BCUT2D eigenvalue weighted by Gasteiger charge is -2.23. The predicted molar refractivity (Wildman–Crippen MR) is 97.0 cm³/mol. The number of hydrogen-bond donors (Lipinski definition) is 1. The van der Waals surface area contributed by atoms with Gasteiger partial charge in [-0.05, 0) is 29.8 Å². The molecule has 0 saturated carbocycles. The topological polar surface area (TPSA) is 49.4 Å². The van der Waals surface area contributed by atoms with E-state index in [-0.39, 0.29) is 11.8 Å². The quantitative estimate of drug-likeness (QED) is 0.911. The predicted octanol–water partition coefficient (Wildman–Crippen LogP) is 3.17. The maximum Gasteiger partial charge on any atom is 0.255 e. The van der Waals surface area contributed by atoms with Crippen molar-refractivity contribution in [3.05, 3.63) is 70.7 Å². The fourth-order valence-electron chi connectivity index (χ4n) is 2.56. The zero-order valence-corrected chi connectivity index (χ0v) is 14.5. The number of nitrogens with one attached hydrogen (secondary N) is 1. The highest BCUT2D eigenvalue weighted by Crippen LogP contribution is 2.23. The summed E-state index contributed by atoms with van der Waals surface area (Å²) in [5.74, 6) is 0.899. The number of carbonyl (C=O) groups is 2. The fraction of sp³-hybridized carbons (Fsp3) is 0.222. The van der Waals surface area contributed by atoms with E-state index >= 15 is 0 Å². The number of benzene rings is 2. The molecule has 2 amide bonds. The van der Waals surface area contributed by atoms with Crippen molar-refractivity contribution < 1.29 is 9.59 Å². The average Bonchev–Trinajstić information content (AvgIpc) is 3.09. The van der Waals surface area contributed by atoms with Crippen molar-refractivity contribution in [3.8, 4) is 0 Å². The van der Waals surface area contributed by atoms with Gasteiger partial charge in [0, 0.05) is 22.9 Å². The monoisotopic (exact) mass is 360 g/mol. The van der Waals surface area contributed by atoms with Crippen LogP contribution in [-0.4, -0.2) is 34.4 Å². The van der Waals surface area contributed by atoms with Crippen LogP contribution in [0.15, 0.2) is 54.6 Å². The Kier molecular flexibility index (Phi) is 5.43. The summed E-state index contributed by atoms with van der Waals surface area (Å²) in [6.07, 6.45) is 0. The minimum absolute atomic E-state index is 0.108. The van der Waals surface area contributed by atoms with Crippen LogP contribution >= 0.6 is 23.4 Å². The van der Waals surface area contributed by atoms with E-state index in [1.165, 1.54) is 0 Å². The van der Waals surface area contributed by atoms with Gasteiger partial charge in [0.25, 0.3) is 5.91 Å². The van der Waals surface area contributed by atoms with E-state index in [1.807, 2.05) is 36.4 Å². The molecular formula is C18H17ClN2O2S. The van der Waals surface area contributed by atoms with E-state index in [0.717, 1.165) is 5.56 Å². The van der Waals surface area contributed by atoms with Gasteiger partial charge in [-0.2, -0.15) is 0 Å². The Labute approximate surface area is 150 Å². The van der Waals surface area contributed by atoms with Gasteiger partial charge in [0.15, 0.2) is 0 Å². The SMILES string of the molecule is O=C(NCc1cccc(Cl)c1)[C@@H]1CSCN1C(=O)c1ccccc1. The number of carbonyl (C=O) groups excluding carboxylic acids is 2. The molecule has 0 spiro atoms. The van der Waals surface area contributed by atoms with Crippen LogP contribution < -0.4 is 5.32 Å². The largest absolute Gasteiger partial charge is 0.350 e. The van der Waals surface area contributed by atoms with Crippen LogP contribution in [0.5, 0.6) is 0 Å². The molecule has 0 radical (unpaired) electrons. The number of hydrogen-bond acceptors (Lipinski definition) is 3. The average molecular weight is 361 g/mol. The molecule has 1 atom stereocenters. The summed E-state index contributed by atoms with van der Waals surface area (Å²) in [6, 6.07) is 16.0. The normalized spacial score (nSPS) is 16.9. The summed E-state index contributed by atoms with van der Waals surface area (Å²) in [6.45, 7) is 0.397. The van der Waals surface area contributed by atoms with Crippen molar-refractivity contribution in [2.75, 3.05) is 11.6 Å². The number of amides is 2. The lowest BCUT2D eigenvalue weighted by molar-refractivity contribution is -0.124. The van der Waals surface area contributed by atoms with Crippen LogP contribution in [0.1, 0.15) is 15.9 Å². The maximum atomic E-state index is 12.6. The summed E-state index contributed by atoms with van der Waals surface area (Å²) in [4.78, 5) is 26.7. The Hall–Kier alpha value is -1.98. The van der Waals surface area contributed by atoms with E-state index in [2.05, 4.69) is 5.32 Å². The first kappa shape index (κ1) is 16.9. The van der Waals surface area contributed by atoms with Crippen LogP contribution in [0.4, 0.5) is 0 Å². The summed E-state index contributed by atoms with van der Waals surface area (Å²) in [7, 11) is 0. The van der Waals surface area contributed by atoms with E-state index in [4.69, 9.17) is 11.6 Å². The van der Waals surface area contributed by atoms with Gasteiger partial charge < -0.3 is 10.2 Å². The van der Waals surface area contributed by atoms with Gasteiger partial charge in [0.1, 0.15) is 6.04 Å². The van der Waals surface area contributed by atoms with Crippen LogP contribution in [0, 0.1) is 0 Å². The highest BCUT2D eigenvalue weighted by molar-refractivity contribution is 7.99. The lowest BCUT2D eigenvalue weighted by Crippen LogP contribution is -2.47. The molecule has 124 valence electrons. The molecule has 6 heteroatoms. The molecule has 0 unspecified atom stereocenters. The molecule has 3 rings (SSSR count). The lowest BCUT2D eigenvalue weighted by atomic mass is 10.1. The first-order valence-electron chi connectivity index (χ1n) is 7.61. The van der Waals surface area contributed by atoms with Gasteiger partial charge in [-0.15, -0.1) is 11.8 Å². The summed E-state index contributed by atoms with van der Waals surface area (Å²) in [5.41, 5.74) is 1.54. The van der Waals surface area contributed by atoms with Crippen molar-refractivity contribution in [3.63, 3.8) is 0 Å². The second-order valence-electron chi connectivity index (χ2n) is 5.50. The van der Waals surface area contributed by atoms with E-state index < -0.39 is 6.04 Å². The summed E-state index contributed by atoms with van der Waals surface area (Å²) < 4.78 is 0. The molecule has 24 heavy (non-hydrogen) atoms. The van der Waals surface area contributed by atoms with Crippen molar-refractivity contribution >= 4 is 35.2 Å². The standard InChI is InChI=1S/C18H17ClN2O2S/c19-15-8-4-5-13(9-15)10-20-17(22)16-11-24-12-21(16)18(23)14-6-2-1-3-7-14/h1-9,16H,10-12H2,(H,20,22)/t16-/m0/s1. The summed E-state index contributed by atoms with van der Waals surface area (Å²) >= 11 is 7.54. The van der Waals surface area contributed by atoms with Crippen LogP contribution in [0.25, 0.3) is 0 Å². The molecule has 1 heterocycles. The molecule has 0 aliphatic carbocycles. The third-order valence-corrected chi connectivity index (χ3v) is 5.07. The molecule has 1 saturated heterocycles. The van der Waals surface area contributed by atoms with Gasteiger partial charge in [-0.25, -0.2) is 0 Å². The number of rotatable bonds is 4. The van der Waals surface area contributed by atoms with Gasteiger partial charge in [0.2, 0.25) is 5.91 Å². The minimum atomic E-state index is -0.443. The van der Waals surface area contributed by atoms with E-state index in [0.29, 0.717) is 28.8 Å². The third-order valence-electron chi connectivity index (χ3n) is 3.82.